The Morgan fingerprint density at radius 2 is 1.85 bits per heavy atom. The number of fused-ring (bicyclic) bond motifs is 3. The summed E-state index contributed by atoms with van der Waals surface area (Å²) >= 11 is 0. The van der Waals surface area contributed by atoms with Gasteiger partial charge in [-0.05, 0) is 71.6 Å². The monoisotopic (exact) mass is 534 g/mol. The Bertz CT molecular complexity index is 1330. The molecule has 3 aliphatic rings. The third-order valence-corrected chi connectivity index (χ3v) is 7.68. The highest BCUT2D eigenvalue weighted by molar-refractivity contribution is 5.93. The maximum Gasteiger partial charge on any atom is 0.410 e. The highest BCUT2D eigenvalue weighted by atomic mass is 16.6. The second-order valence-corrected chi connectivity index (χ2v) is 11.8. The molecule has 0 spiro atoms. The van der Waals surface area contributed by atoms with Gasteiger partial charge >= 0.3 is 6.09 Å². The van der Waals surface area contributed by atoms with Gasteiger partial charge in [-0.3, -0.25) is 5.10 Å². The second-order valence-electron chi connectivity index (χ2n) is 11.8. The fraction of sp³-hybridized carbons (Fsp3) is 0.571. The first-order valence-electron chi connectivity index (χ1n) is 13.9. The molecule has 39 heavy (non-hydrogen) atoms. The Morgan fingerprint density at radius 3 is 2.51 bits per heavy atom. The van der Waals surface area contributed by atoms with Gasteiger partial charge in [0.2, 0.25) is 5.95 Å². The van der Waals surface area contributed by atoms with Gasteiger partial charge in [0, 0.05) is 54.0 Å². The Hall–Kier alpha value is -3.60. The first-order valence-corrected chi connectivity index (χ1v) is 13.9. The quantitative estimate of drug-likeness (QED) is 0.432. The van der Waals surface area contributed by atoms with E-state index in [4.69, 9.17) is 19.4 Å². The topological polar surface area (TPSA) is 121 Å². The number of aromatic nitrogens is 4. The van der Waals surface area contributed by atoms with Crippen LogP contribution in [0.4, 0.5) is 28.1 Å². The summed E-state index contributed by atoms with van der Waals surface area (Å²) in [6.45, 7) is 10.9. The molecule has 5 heterocycles. The first kappa shape index (κ1) is 25.7. The Kier molecular flexibility index (Phi) is 6.70. The number of hydrogen-bond acceptors (Lipinski definition) is 9. The third kappa shape index (κ3) is 5.59. The van der Waals surface area contributed by atoms with Gasteiger partial charge in [-0.25, -0.2) is 9.78 Å². The van der Waals surface area contributed by atoms with E-state index in [1.165, 1.54) is 0 Å². The molecule has 3 saturated heterocycles. The fourth-order valence-electron chi connectivity index (χ4n) is 5.99. The van der Waals surface area contributed by atoms with E-state index < -0.39 is 5.60 Å². The first-order chi connectivity index (χ1) is 18.7. The summed E-state index contributed by atoms with van der Waals surface area (Å²) in [5, 5.41) is 15.2. The number of piperidine rings is 1. The second kappa shape index (κ2) is 10.2. The molecule has 3 aromatic rings. The van der Waals surface area contributed by atoms with Crippen LogP contribution in [0.25, 0.3) is 10.9 Å². The molecular formula is C28H38N8O3. The molecule has 1 aromatic carbocycles. The molecule has 3 N–H and O–H groups in total. The molecule has 11 nitrogen and oxygen atoms in total. The number of carbonyl (C=O) groups excluding carboxylic acids is 1. The lowest BCUT2D eigenvalue weighted by atomic mass is 9.98. The summed E-state index contributed by atoms with van der Waals surface area (Å²) in [6.07, 6.45) is 3.47. The van der Waals surface area contributed by atoms with Gasteiger partial charge in [0.05, 0.1) is 18.7 Å². The normalized spacial score (nSPS) is 23.2. The van der Waals surface area contributed by atoms with Crippen LogP contribution in [-0.4, -0.2) is 81.2 Å². The van der Waals surface area contributed by atoms with Crippen LogP contribution in [0.15, 0.2) is 24.3 Å². The Balaban J connectivity index is 1.26. The zero-order valence-electron chi connectivity index (χ0n) is 23.2. The van der Waals surface area contributed by atoms with Crippen molar-refractivity contribution in [2.45, 2.75) is 77.1 Å². The average molecular weight is 535 g/mol. The molecule has 2 bridgehead atoms. The maximum absolute atomic E-state index is 12.9. The predicted octanol–water partition coefficient (Wildman–Crippen LogP) is 4.58. The summed E-state index contributed by atoms with van der Waals surface area (Å²) in [5.41, 5.74) is 2.46. The summed E-state index contributed by atoms with van der Waals surface area (Å²) in [7, 11) is 0. The van der Waals surface area contributed by atoms with E-state index in [9.17, 15) is 4.79 Å². The number of amides is 1. The van der Waals surface area contributed by atoms with E-state index in [0.29, 0.717) is 17.6 Å². The minimum Gasteiger partial charge on any atom is -0.444 e. The van der Waals surface area contributed by atoms with Crippen LogP contribution in [-0.2, 0) is 9.47 Å². The van der Waals surface area contributed by atoms with Gasteiger partial charge in [-0.1, -0.05) is 0 Å². The SMILES string of the molecule is Cc1cc(Nc2nc(NC3C[C@H]4CC[C@@H](C3)N4C(=O)OC(C)(C)C)nc3cc(N4CCOCC4)ccc23)n[nH]1. The van der Waals surface area contributed by atoms with Crippen molar-refractivity contribution in [2.75, 3.05) is 41.8 Å². The van der Waals surface area contributed by atoms with Gasteiger partial charge in [0.15, 0.2) is 5.82 Å². The number of aromatic amines is 1. The Labute approximate surface area is 228 Å². The lowest BCUT2D eigenvalue weighted by Crippen LogP contribution is -2.51. The van der Waals surface area contributed by atoms with Crippen LogP contribution in [0.3, 0.4) is 0 Å². The number of benzene rings is 1. The van der Waals surface area contributed by atoms with E-state index in [0.717, 1.165) is 74.3 Å². The molecule has 0 radical (unpaired) electrons. The van der Waals surface area contributed by atoms with E-state index >= 15 is 0 Å². The number of anilines is 4. The standard InChI is InChI=1S/C28H38N8O3/c1-17-13-24(34-33-17)31-25-22-8-7-19(35-9-11-38-12-10-35)16-23(22)30-26(32-25)29-18-14-20-5-6-21(15-18)36(20)27(37)39-28(2,3)4/h7-8,13,16,18,20-21H,5-6,9-12,14-15H2,1-4H3,(H3,29,30,31,32,33,34)/t18?,20-,21+. The van der Waals surface area contributed by atoms with Crippen molar-refractivity contribution in [3.8, 4) is 0 Å². The number of nitrogens with one attached hydrogen (secondary N) is 3. The summed E-state index contributed by atoms with van der Waals surface area (Å²) in [6, 6.07) is 8.77. The summed E-state index contributed by atoms with van der Waals surface area (Å²) in [4.78, 5) is 27.0. The summed E-state index contributed by atoms with van der Waals surface area (Å²) in [5.74, 6) is 1.99. The number of ether oxygens (including phenoxy) is 2. The van der Waals surface area contributed by atoms with Crippen LogP contribution in [0, 0.1) is 6.92 Å². The number of morpholine rings is 1. The zero-order valence-corrected chi connectivity index (χ0v) is 23.2. The number of carbonyl (C=O) groups is 1. The van der Waals surface area contributed by atoms with Gasteiger partial charge in [-0.15, -0.1) is 0 Å². The van der Waals surface area contributed by atoms with Gasteiger partial charge in [0.1, 0.15) is 11.4 Å². The predicted molar refractivity (Wildman–Crippen MR) is 151 cm³/mol. The number of H-pyrrole nitrogens is 1. The average Bonchev–Trinajstić information content (AvgIpc) is 3.42. The molecule has 6 rings (SSSR count). The molecule has 2 aromatic heterocycles. The zero-order chi connectivity index (χ0) is 27.1. The minimum absolute atomic E-state index is 0.161. The minimum atomic E-state index is -0.499. The van der Waals surface area contributed by atoms with Gasteiger partial charge in [0.25, 0.3) is 0 Å². The van der Waals surface area contributed by atoms with E-state index in [1.54, 1.807) is 0 Å². The molecule has 3 aliphatic heterocycles. The van der Waals surface area contributed by atoms with E-state index in [2.05, 4.69) is 43.9 Å². The maximum atomic E-state index is 12.9. The number of nitrogens with zero attached hydrogens (tertiary/aromatic N) is 5. The van der Waals surface area contributed by atoms with Crippen LogP contribution < -0.4 is 15.5 Å². The Morgan fingerprint density at radius 1 is 1.10 bits per heavy atom. The number of hydrogen-bond donors (Lipinski definition) is 3. The lowest BCUT2D eigenvalue weighted by Gasteiger charge is -2.39. The fourth-order valence-corrected chi connectivity index (χ4v) is 5.99. The molecular weight excluding hydrogens is 496 g/mol. The van der Waals surface area contributed by atoms with Gasteiger partial charge in [-0.2, -0.15) is 10.1 Å². The lowest BCUT2D eigenvalue weighted by molar-refractivity contribution is 0.00682. The molecule has 0 saturated carbocycles. The van der Waals surface area contributed by atoms with Crippen LogP contribution in [0.2, 0.25) is 0 Å². The van der Waals surface area contributed by atoms with Crippen molar-refractivity contribution in [1.82, 2.24) is 25.1 Å². The summed E-state index contributed by atoms with van der Waals surface area (Å²) < 4.78 is 11.2. The highest BCUT2D eigenvalue weighted by Crippen LogP contribution is 2.38. The van der Waals surface area contributed by atoms with Crippen molar-refractivity contribution in [2.24, 2.45) is 0 Å². The molecule has 0 aliphatic carbocycles. The highest BCUT2D eigenvalue weighted by Gasteiger charge is 2.45. The molecule has 1 unspecified atom stereocenters. The van der Waals surface area contributed by atoms with E-state index in [1.807, 2.05) is 38.7 Å². The smallest absolute Gasteiger partial charge is 0.410 e. The number of rotatable bonds is 5. The molecule has 3 fully saturated rings. The van der Waals surface area contributed by atoms with Gasteiger partial charge < -0.3 is 29.9 Å². The molecule has 1 amide bonds. The van der Waals surface area contributed by atoms with Crippen molar-refractivity contribution in [1.29, 1.82) is 0 Å². The molecule has 3 atom stereocenters. The molecule has 208 valence electrons. The van der Waals surface area contributed by atoms with Crippen molar-refractivity contribution in [3.63, 3.8) is 0 Å². The number of aryl methyl sites for hydroxylation is 1. The third-order valence-electron chi connectivity index (χ3n) is 7.68. The van der Waals surface area contributed by atoms with Crippen molar-refractivity contribution in [3.05, 3.63) is 30.0 Å². The van der Waals surface area contributed by atoms with Crippen molar-refractivity contribution < 1.29 is 14.3 Å². The largest absolute Gasteiger partial charge is 0.444 e. The van der Waals surface area contributed by atoms with Crippen LogP contribution in [0.5, 0.6) is 0 Å². The van der Waals surface area contributed by atoms with Crippen LogP contribution >= 0.6 is 0 Å². The van der Waals surface area contributed by atoms with Crippen molar-refractivity contribution >= 4 is 40.3 Å². The molecule has 11 heteroatoms. The van der Waals surface area contributed by atoms with E-state index in [-0.39, 0.29) is 24.2 Å². The van der Waals surface area contributed by atoms with Crippen LogP contribution in [0.1, 0.15) is 52.1 Å².